The summed E-state index contributed by atoms with van der Waals surface area (Å²) in [5.74, 6) is -0.334. The molecule has 0 aliphatic carbocycles. The maximum Gasteiger partial charge on any atom is 0.285 e. The zero-order valence-electron chi connectivity index (χ0n) is 17.7. The summed E-state index contributed by atoms with van der Waals surface area (Å²) in [6.07, 6.45) is 8.17. The van der Waals surface area contributed by atoms with Gasteiger partial charge in [-0.3, -0.25) is 9.59 Å². The summed E-state index contributed by atoms with van der Waals surface area (Å²) >= 11 is 1.01. The van der Waals surface area contributed by atoms with E-state index < -0.39 is 11.8 Å². The van der Waals surface area contributed by atoms with Crippen LogP contribution in [0.4, 0.5) is 0 Å². The lowest BCUT2D eigenvalue weighted by atomic mass is 10.3. The van der Waals surface area contributed by atoms with Gasteiger partial charge in [0.15, 0.2) is 11.5 Å². The molecule has 1 heterocycles. The van der Waals surface area contributed by atoms with Gasteiger partial charge in [-0.2, -0.15) is 10.2 Å². The second-order valence-corrected chi connectivity index (χ2v) is 7.22. The first-order chi connectivity index (χ1) is 14.1. The third kappa shape index (κ3) is 8.23. The number of ether oxygens (including phenoxy) is 2. The Balaban J connectivity index is 3.21. The SMILES string of the molecule is CCC/C=N/NC(=O)c1sc(C(=O)N/N=C/CCC)c(OCCC)c1OCCC. The van der Waals surface area contributed by atoms with Crippen molar-refractivity contribution in [2.24, 2.45) is 10.2 Å². The number of amides is 2. The average molecular weight is 425 g/mol. The number of nitrogens with zero attached hydrogens (tertiary/aromatic N) is 2. The lowest BCUT2D eigenvalue weighted by molar-refractivity contribution is 0.0945. The normalized spacial score (nSPS) is 11.2. The second-order valence-electron chi connectivity index (χ2n) is 6.20. The molecule has 2 amide bonds. The minimum Gasteiger partial charge on any atom is -0.488 e. The molecule has 162 valence electrons. The average Bonchev–Trinajstić information content (AvgIpc) is 3.09. The Hall–Kier alpha value is -2.42. The molecule has 1 aromatic heterocycles. The van der Waals surface area contributed by atoms with E-state index in [9.17, 15) is 9.59 Å². The van der Waals surface area contributed by atoms with E-state index in [4.69, 9.17) is 9.47 Å². The summed E-state index contributed by atoms with van der Waals surface area (Å²) in [6.45, 7) is 8.76. The van der Waals surface area contributed by atoms with E-state index in [2.05, 4.69) is 21.1 Å². The van der Waals surface area contributed by atoms with Crippen LogP contribution in [0, 0.1) is 0 Å². The van der Waals surface area contributed by atoms with E-state index >= 15 is 0 Å². The van der Waals surface area contributed by atoms with Crippen LogP contribution in [-0.2, 0) is 0 Å². The fraction of sp³-hybridized carbons (Fsp3) is 0.600. The van der Waals surface area contributed by atoms with Crippen molar-refractivity contribution in [3.63, 3.8) is 0 Å². The number of rotatable bonds is 14. The van der Waals surface area contributed by atoms with Gasteiger partial charge in [0.05, 0.1) is 13.2 Å². The summed E-state index contributed by atoms with van der Waals surface area (Å²) < 4.78 is 11.6. The molecule has 0 fully saturated rings. The standard InChI is InChI=1S/C20H32N4O4S/c1-5-9-11-21-23-19(25)17-15(27-13-7-3)16(28-14-8-4)18(29-17)20(26)24-22-12-10-6-2/h11-12H,5-10,13-14H2,1-4H3,(H,23,25)(H,24,26)/b21-11+,22-12+. The fourth-order valence-electron chi connectivity index (χ4n) is 2.07. The predicted octanol–water partition coefficient (Wildman–Crippen LogP) is 4.36. The van der Waals surface area contributed by atoms with Crippen LogP contribution in [0.2, 0.25) is 0 Å². The number of carbonyl (C=O) groups excluding carboxylic acids is 2. The molecule has 0 radical (unpaired) electrons. The molecule has 0 unspecified atom stereocenters. The van der Waals surface area contributed by atoms with Gasteiger partial charge in [-0.15, -0.1) is 11.3 Å². The van der Waals surface area contributed by atoms with Crippen LogP contribution in [0.1, 0.15) is 85.6 Å². The monoisotopic (exact) mass is 424 g/mol. The zero-order valence-corrected chi connectivity index (χ0v) is 18.6. The van der Waals surface area contributed by atoms with Gasteiger partial charge < -0.3 is 9.47 Å². The van der Waals surface area contributed by atoms with Crippen molar-refractivity contribution in [2.45, 2.75) is 66.2 Å². The second kappa shape index (κ2) is 14.6. The molecule has 0 saturated carbocycles. The Morgan fingerprint density at radius 1 is 0.793 bits per heavy atom. The molecule has 0 saturated heterocycles. The third-order valence-electron chi connectivity index (χ3n) is 3.49. The molecule has 0 atom stereocenters. The lowest BCUT2D eigenvalue weighted by Crippen LogP contribution is -2.17. The first kappa shape index (κ1) is 24.6. The Labute approximate surface area is 176 Å². The van der Waals surface area contributed by atoms with Gasteiger partial charge in [0.25, 0.3) is 11.8 Å². The van der Waals surface area contributed by atoms with Crippen molar-refractivity contribution < 1.29 is 19.1 Å². The molecular weight excluding hydrogens is 392 g/mol. The summed E-state index contributed by atoms with van der Waals surface area (Å²) in [5.41, 5.74) is 4.98. The van der Waals surface area contributed by atoms with Crippen molar-refractivity contribution in [1.82, 2.24) is 10.9 Å². The molecule has 1 rings (SSSR count). The molecule has 29 heavy (non-hydrogen) atoms. The summed E-state index contributed by atoms with van der Waals surface area (Å²) in [7, 11) is 0. The topological polar surface area (TPSA) is 101 Å². The minimum atomic E-state index is -0.441. The number of nitrogens with one attached hydrogen (secondary N) is 2. The summed E-state index contributed by atoms with van der Waals surface area (Å²) in [5, 5.41) is 7.87. The summed E-state index contributed by atoms with van der Waals surface area (Å²) in [4.78, 5) is 25.8. The fourth-order valence-corrected chi connectivity index (χ4v) is 3.04. The van der Waals surface area contributed by atoms with E-state index in [1.165, 1.54) is 0 Å². The molecule has 9 heteroatoms. The van der Waals surface area contributed by atoms with Crippen LogP contribution in [0.3, 0.4) is 0 Å². The van der Waals surface area contributed by atoms with Crippen LogP contribution in [0.15, 0.2) is 10.2 Å². The highest BCUT2D eigenvalue weighted by molar-refractivity contribution is 7.16. The van der Waals surface area contributed by atoms with Gasteiger partial charge in [-0.25, -0.2) is 10.9 Å². The van der Waals surface area contributed by atoms with E-state index in [0.29, 0.717) is 13.2 Å². The van der Waals surface area contributed by atoms with E-state index in [1.807, 2.05) is 27.7 Å². The Morgan fingerprint density at radius 3 is 1.55 bits per heavy atom. The van der Waals surface area contributed by atoms with Crippen LogP contribution in [-0.4, -0.2) is 37.5 Å². The van der Waals surface area contributed by atoms with Crippen LogP contribution in [0.25, 0.3) is 0 Å². The van der Waals surface area contributed by atoms with Crippen LogP contribution < -0.4 is 20.3 Å². The first-order valence-corrected chi connectivity index (χ1v) is 11.0. The maximum absolute atomic E-state index is 12.6. The molecule has 1 aromatic rings. The maximum atomic E-state index is 12.6. The van der Waals surface area contributed by atoms with E-state index in [1.54, 1.807) is 12.4 Å². The van der Waals surface area contributed by atoms with Gasteiger partial charge in [-0.1, -0.05) is 40.5 Å². The predicted molar refractivity (Wildman–Crippen MR) is 118 cm³/mol. The molecule has 2 N–H and O–H groups in total. The number of thiophene rings is 1. The first-order valence-electron chi connectivity index (χ1n) is 10.2. The Kier molecular flexibility index (Phi) is 12.4. The molecule has 0 aliphatic rings. The zero-order chi connectivity index (χ0) is 21.5. The van der Waals surface area contributed by atoms with Crippen molar-refractivity contribution in [3.8, 4) is 11.5 Å². The van der Waals surface area contributed by atoms with Crippen molar-refractivity contribution in [1.29, 1.82) is 0 Å². The van der Waals surface area contributed by atoms with Gasteiger partial charge in [0.2, 0.25) is 0 Å². The smallest absolute Gasteiger partial charge is 0.285 e. The number of hydrazone groups is 2. The largest absolute Gasteiger partial charge is 0.488 e. The molecule has 0 aliphatic heterocycles. The molecule has 8 nitrogen and oxygen atoms in total. The molecule has 0 bridgehead atoms. The van der Waals surface area contributed by atoms with Gasteiger partial charge in [-0.05, 0) is 25.7 Å². The highest BCUT2D eigenvalue weighted by atomic mass is 32.1. The molecule has 0 spiro atoms. The van der Waals surface area contributed by atoms with Crippen molar-refractivity contribution >= 4 is 35.6 Å². The minimum absolute atomic E-state index is 0.251. The van der Waals surface area contributed by atoms with Crippen LogP contribution in [0.5, 0.6) is 11.5 Å². The Bertz CT molecular complexity index is 644. The number of hydrogen-bond acceptors (Lipinski definition) is 7. The molecule has 0 aromatic carbocycles. The number of hydrogen-bond donors (Lipinski definition) is 2. The Morgan fingerprint density at radius 2 is 1.21 bits per heavy atom. The third-order valence-corrected chi connectivity index (χ3v) is 4.64. The number of unbranched alkanes of at least 4 members (excludes halogenated alkanes) is 2. The van der Waals surface area contributed by atoms with Gasteiger partial charge in [0, 0.05) is 12.4 Å². The van der Waals surface area contributed by atoms with Crippen molar-refractivity contribution in [3.05, 3.63) is 9.75 Å². The van der Waals surface area contributed by atoms with Gasteiger partial charge in [0.1, 0.15) is 9.75 Å². The van der Waals surface area contributed by atoms with E-state index in [0.717, 1.165) is 49.9 Å². The van der Waals surface area contributed by atoms with Crippen molar-refractivity contribution in [2.75, 3.05) is 13.2 Å². The van der Waals surface area contributed by atoms with Crippen LogP contribution >= 0.6 is 11.3 Å². The number of carbonyl (C=O) groups is 2. The van der Waals surface area contributed by atoms with Gasteiger partial charge >= 0.3 is 0 Å². The molecular formula is C20H32N4O4S. The summed E-state index contributed by atoms with van der Waals surface area (Å²) in [6, 6.07) is 0. The highest BCUT2D eigenvalue weighted by Gasteiger charge is 2.29. The van der Waals surface area contributed by atoms with E-state index in [-0.39, 0.29) is 21.3 Å². The highest BCUT2D eigenvalue weighted by Crippen LogP contribution is 2.42. The lowest BCUT2D eigenvalue weighted by Gasteiger charge is -2.10. The quantitative estimate of drug-likeness (QED) is 0.342.